The largest absolute Gasteiger partial charge is 0.381 e. The van der Waals surface area contributed by atoms with Gasteiger partial charge in [-0.3, -0.25) is 10.1 Å². The lowest BCUT2D eigenvalue weighted by Gasteiger charge is -2.47. The number of ether oxygens (including phenoxy) is 3. The minimum Gasteiger partial charge on any atom is -0.381 e. The summed E-state index contributed by atoms with van der Waals surface area (Å²) in [6.45, 7) is 0. The second kappa shape index (κ2) is 12.4. The van der Waals surface area contributed by atoms with Crippen molar-refractivity contribution >= 4 is 34.8 Å². The van der Waals surface area contributed by atoms with Crippen LogP contribution in [0.4, 0.5) is 0 Å². The van der Waals surface area contributed by atoms with Crippen LogP contribution in [0.2, 0.25) is 0 Å². The second-order valence-electron chi connectivity index (χ2n) is 12.0. The first-order valence-corrected chi connectivity index (χ1v) is 15.3. The number of nitrogens with one attached hydrogen (secondary N) is 1. The average molecular weight is 559 g/mol. The van der Waals surface area contributed by atoms with Crippen molar-refractivity contribution in [3.63, 3.8) is 0 Å². The number of carbonyl (C=O) groups excluding carboxylic acids is 1. The number of alkyl halides is 2. The van der Waals surface area contributed by atoms with Gasteiger partial charge in [0.2, 0.25) is 5.91 Å². The molecule has 1 N–H and O–H groups in total. The highest BCUT2D eigenvalue weighted by Crippen LogP contribution is 2.44. The van der Waals surface area contributed by atoms with E-state index in [1.54, 1.807) is 14.2 Å². The number of amides is 1. The van der Waals surface area contributed by atoms with Crippen LogP contribution in [0.5, 0.6) is 0 Å². The van der Waals surface area contributed by atoms with Crippen LogP contribution in [-0.4, -0.2) is 79.2 Å². The van der Waals surface area contributed by atoms with Gasteiger partial charge in [0.1, 0.15) is 0 Å². The van der Waals surface area contributed by atoms with Crippen LogP contribution >= 0.6 is 23.2 Å². The molecular weight excluding hydrogens is 513 g/mol. The van der Waals surface area contributed by atoms with Gasteiger partial charge < -0.3 is 14.2 Å². The highest BCUT2D eigenvalue weighted by molar-refractivity contribution is 6.22. The number of piperidine rings is 1. The highest BCUT2D eigenvalue weighted by Gasteiger charge is 2.49. The van der Waals surface area contributed by atoms with E-state index in [9.17, 15) is 4.79 Å². The molecule has 210 valence electrons. The van der Waals surface area contributed by atoms with Crippen molar-refractivity contribution in [2.45, 2.75) is 118 Å². The summed E-state index contributed by atoms with van der Waals surface area (Å²) in [5.41, 5.74) is 0.950. The molecule has 1 saturated heterocycles. The Morgan fingerprint density at radius 3 is 2.43 bits per heavy atom. The molecule has 0 bridgehead atoms. The number of hydrogen-bond donors (Lipinski definition) is 1. The van der Waals surface area contributed by atoms with E-state index in [4.69, 9.17) is 42.5 Å². The topological polar surface area (TPSA) is 72.4 Å². The maximum atomic E-state index is 14.0. The Bertz CT molecular complexity index is 831. The zero-order chi connectivity index (χ0) is 26.1. The number of halogens is 2. The van der Waals surface area contributed by atoms with Gasteiger partial charge in [0, 0.05) is 56.7 Å². The van der Waals surface area contributed by atoms with Crippen molar-refractivity contribution in [1.29, 1.82) is 0 Å². The Balaban J connectivity index is 1.37. The molecule has 11 atom stereocenters. The van der Waals surface area contributed by atoms with Gasteiger partial charge in [-0.25, -0.2) is 5.01 Å². The zero-order valence-corrected chi connectivity index (χ0v) is 24.1. The standard InChI is InChI=1S/C28H45Cl2N3O4/c1-35-18-9-10-22-17(12-18)13-20(27(30)31-22)24-15-23(16-8-11-25(36-2)26(14-16)37-3)32-33(24)28(34)19-6-4-5-7-21(19)29/h16-22,24-27,31H,4-15H2,1-3H3. The third-order valence-corrected chi connectivity index (χ3v) is 11.1. The number of methoxy groups -OCH3 is 3. The fourth-order valence-corrected chi connectivity index (χ4v) is 8.69. The van der Waals surface area contributed by atoms with Crippen molar-refractivity contribution in [1.82, 2.24) is 10.3 Å². The van der Waals surface area contributed by atoms with Crippen LogP contribution in [-0.2, 0) is 19.0 Å². The Hall–Kier alpha value is -0.440. The van der Waals surface area contributed by atoms with Crippen molar-refractivity contribution < 1.29 is 19.0 Å². The molecule has 2 heterocycles. The van der Waals surface area contributed by atoms with Crippen LogP contribution < -0.4 is 5.32 Å². The van der Waals surface area contributed by atoms with Gasteiger partial charge in [0.15, 0.2) is 0 Å². The van der Waals surface area contributed by atoms with Crippen LogP contribution in [0.25, 0.3) is 0 Å². The van der Waals surface area contributed by atoms with E-state index in [1.807, 2.05) is 12.1 Å². The molecule has 11 unspecified atom stereocenters. The van der Waals surface area contributed by atoms with E-state index in [-0.39, 0.29) is 46.9 Å². The van der Waals surface area contributed by atoms with Crippen molar-refractivity contribution in [2.75, 3.05) is 21.3 Å². The van der Waals surface area contributed by atoms with Crippen LogP contribution in [0.3, 0.4) is 0 Å². The summed E-state index contributed by atoms with van der Waals surface area (Å²) in [4.78, 5) is 14.0. The van der Waals surface area contributed by atoms with E-state index in [0.717, 1.165) is 82.8 Å². The Morgan fingerprint density at radius 2 is 1.70 bits per heavy atom. The van der Waals surface area contributed by atoms with Gasteiger partial charge in [0.25, 0.3) is 0 Å². The lowest BCUT2D eigenvalue weighted by Crippen LogP contribution is -2.57. The summed E-state index contributed by atoms with van der Waals surface area (Å²) in [5, 5.41) is 10.5. The van der Waals surface area contributed by atoms with E-state index in [0.29, 0.717) is 24.0 Å². The molecule has 2 aliphatic heterocycles. The average Bonchev–Trinajstić information content (AvgIpc) is 3.37. The number of rotatable bonds is 6. The molecule has 7 nitrogen and oxygen atoms in total. The molecule has 5 rings (SSSR count). The van der Waals surface area contributed by atoms with Crippen LogP contribution in [0.15, 0.2) is 5.10 Å². The van der Waals surface area contributed by atoms with Crippen molar-refractivity contribution in [3.05, 3.63) is 0 Å². The first-order chi connectivity index (χ1) is 17.9. The van der Waals surface area contributed by atoms with Crippen LogP contribution in [0, 0.1) is 23.7 Å². The SMILES string of the molecule is COC1CCC2NC(Cl)C(C3CC(C4CCC(OC)C(OC)C4)=NN3C(=O)C3CCCCC3Cl)CC2C1. The van der Waals surface area contributed by atoms with Gasteiger partial charge in [-0.2, -0.15) is 5.10 Å². The minimum absolute atomic E-state index is 0.0340. The molecule has 0 radical (unpaired) electrons. The molecule has 9 heteroatoms. The number of hydrazone groups is 1. The first kappa shape index (κ1) is 28.1. The summed E-state index contributed by atoms with van der Waals surface area (Å²) in [5.74, 6) is 0.862. The van der Waals surface area contributed by atoms with Crippen molar-refractivity contribution in [3.8, 4) is 0 Å². The molecular formula is C28H45Cl2N3O4. The van der Waals surface area contributed by atoms with Crippen LogP contribution in [0.1, 0.15) is 77.0 Å². The maximum Gasteiger partial charge on any atom is 0.247 e. The molecule has 3 saturated carbocycles. The Kier molecular flexibility index (Phi) is 9.41. The number of nitrogens with zero attached hydrogens (tertiary/aromatic N) is 2. The van der Waals surface area contributed by atoms with E-state index >= 15 is 0 Å². The molecule has 5 aliphatic rings. The van der Waals surface area contributed by atoms with E-state index in [2.05, 4.69) is 5.32 Å². The number of fused-ring (bicyclic) bond motifs is 1. The molecule has 0 aromatic rings. The number of hydrogen-bond acceptors (Lipinski definition) is 6. The third kappa shape index (κ3) is 5.88. The fraction of sp³-hybridized carbons (Fsp3) is 0.929. The quantitative estimate of drug-likeness (QED) is 0.370. The monoisotopic (exact) mass is 557 g/mol. The molecule has 37 heavy (non-hydrogen) atoms. The highest BCUT2D eigenvalue weighted by atomic mass is 35.5. The minimum atomic E-state index is -0.177. The Labute approximate surface area is 232 Å². The van der Waals surface area contributed by atoms with Gasteiger partial charge in [-0.05, 0) is 63.7 Å². The predicted octanol–water partition coefficient (Wildman–Crippen LogP) is 4.93. The number of carbonyl (C=O) groups is 1. The summed E-state index contributed by atoms with van der Waals surface area (Å²) in [7, 11) is 5.34. The molecule has 3 aliphatic carbocycles. The Morgan fingerprint density at radius 1 is 0.919 bits per heavy atom. The summed E-state index contributed by atoms with van der Waals surface area (Å²) >= 11 is 13.8. The van der Waals surface area contributed by atoms with Gasteiger partial charge >= 0.3 is 0 Å². The lowest BCUT2D eigenvalue weighted by molar-refractivity contribution is -0.139. The lowest BCUT2D eigenvalue weighted by atomic mass is 9.72. The molecule has 0 aromatic carbocycles. The summed E-state index contributed by atoms with van der Waals surface area (Å²) in [6.07, 6.45) is 12.2. The predicted molar refractivity (Wildman–Crippen MR) is 146 cm³/mol. The third-order valence-electron chi connectivity index (χ3n) is 10.1. The molecule has 1 amide bonds. The first-order valence-electron chi connectivity index (χ1n) is 14.5. The smallest absolute Gasteiger partial charge is 0.247 e. The normalized spacial score (nSPS) is 44.8. The van der Waals surface area contributed by atoms with E-state index in [1.165, 1.54) is 0 Å². The van der Waals surface area contributed by atoms with Gasteiger partial charge in [-0.15, -0.1) is 23.2 Å². The van der Waals surface area contributed by atoms with Gasteiger partial charge in [0.05, 0.1) is 35.8 Å². The van der Waals surface area contributed by atoms with Crippen molar-refractivity contribution in [2.24, 2.45) is 28.8 Å². The molecule has 0 spiro atoms. The second-order valence-corrected chi connectivity index (χ2v) is 13.0. The summed E-state index contributed by atoms with van der Waals surface area (Å²) in [6, 6.07) is 0.391. The fourth-order valence-electron chi connectivity index (χ4n) is 7.87. The maximum absolute atomic E-state index is 14.0. The van der Waals surface area contributed by atoms with Gasteiger partial charge in [-0.1, -0.05) is 12.8 Å². The summed E-state index contributed by atoms with van der Waals surface area (Å²) < 4.78 is 17.2. The molecule has 0 aromatic heterocycles. The molecule has 4 fully saturated rings. The van der Waals surface area contributed by atoms with E-state index < -0.39 is 0 Å². The zero-order valence-electron chi connectivity index (χ0n) is 22.6.